The highest BCUT2D eigenvalue weighted by atomic mass is 15.3. The summed E-state index contributed by atoms with van der Waals surface area (Å²) in [6.45, 7) is 1.01. The van der Waals surface area contributed by atoms with Gasteiger partial charge in [0.1, 0.15) is 0 Å². The van der Waals surface area contributed by atoms with E-state index in [4.69, 9.17) is 11.1 Å². The lowest BCUT2D eigenvalue weighted by Gasteiger charge is -2.35. The van der Waals surface area contributed by atoms with Crippen molar-refractivity contribution in [2.24, 2.45) is 5.73 Å². The summed E-state index contributed by atoms with van der Waals surface area (Å²) < 4.78 is 0. The first-order chi connectivity index (χ1) is 5.75. The number of nitrogens with one attached hydrogen (secondary N) is 1. The van der Waals surface area contributed by atoms with E-state index in [1.165, 1.54) is 38.5 Å². The van der Waals surface area contributed by atoms with E-state index in [9.17, 15) is 0 Å². The normalized spacial score (nSPS) is 26.8. The molecule has 1 spiro atoms. The van der Waals surface area contributed by atoms with Gasteiger partial charge in [0.2, 0.25) is 0 Å². The van der Waals surface area contributed by atoms with Crippen molar-refractivity contribution in [2.45, 2.75) is 44.1 Å². The summed E-state index contributed by atoms with van der Waals surface area (Å²) in [5.74, 6) is 0.286. The Morgan fingerprint density at radius 2 is 1.75 bits per heavy atom. The van der Waals surface area contributed by atoms with E-state index >= 15 is 0 Å². The summed E-state index contributed by atoms with van der Waals surface area (Å²) in [5.41, 5.74) is 5.87. The molecule has 3 heteroatoms. The molecule has 3 nitrogen and oxygen atoms in total. The van der Waals surface area contributed by atoms with Crippen molar-refractivity contribution in [3.63, 3.8) is 0 Å². The average Bonchev–Trinajstić information content (AvgIpc) is 2.61. The maximum Gasteiger partial charge on any atom is 0.188 e. The molecule has 0 aromatic heterocycles. The third-order valence-corrected chi connectivity index (χ3v) is 3.42. The van der Waals surface area contributed by atoms with Crippen molar-refractivity contribution in [1.82, 2.24) is 4.90 Å². The molecule has 3 N–H and O–H groups in total. The van der Waals surface area contributed by atoms with E-state index in [1.54, 1.807) is 0 Å². The highest BCUT2D eigenvalue weighted by Crippen LogP contribution is 2.42. The number of guanidine groups is 1. The monoisotopic (exact) mass is 167 g/mol. The van der Waals surface area contributed by atoms with Crippen molar-refractivity contribution in [2.75, 3.05) is 6.54 Å². The third-order valence-electron chi connectivity index (χ3n) is 3.42. The Bertz CT molecular complexity index is 188. The molecule has 1 aliphatic heterocycles. The van der Waals surface area contributed by atoms with Crippen LogP contribution in [-0.2, 0) is 0 Å². The van der Waals surface area contributed by atoms with Crippen LogP contribution in [0.15, 0.2) is 0 Å². The quantitative estimate of drug-likeness (QED) is 0.422. The Morgan fingerprint density at radius 3 is 2.33 bits per heavy atom. The van der Waals surface area contributed by atoms with E-state index in [1.807, 2.05) is 0 Å². The Kier molecular flexibility index (Phi) is 1.74. The van der Waals surface area contributed by atoms with Crippen LogP contribution < -0.4 is 5.73 Å². The van der Waals surface area contributed by atoms with Crippen LogP contribution in [0.3, 0.4) is 0 Å². The topological polar surface area (TPSA) is 53.1 Å². The number of hydrogen-bond acceptors (Lipinski definition) is 1. The van der Waals surface area contributed by atoms with Gasteiger partial charge in [0.15, 0.2) is 5.96 Å². The number of hydrogen-bond donors (Lipinski definition) is 2. The Balaban J connectivity index is 2.17. The predicted octanol–water partition coefficient (Wildman–Crippen LogP) is 1.29. The molecule has 0 aromatic rings. The van der Waals surface area contributed by atoms with Gasteiger partial charge in [0, 0.05) is 12.1 Å². The number of rotatable bonds is 0. The predicted molar refractivity (Wildman–Crippen MR) is 49.1 cm³/mol. The van der Waals surface area contributed by atoms with Crippen LogP contribution in [0.25, 0.3) is 0 Å². The standard InChI is InChI=1S/C9H17N3/c10-8(11)12-7-3-6-9(12)4-1-2-5-9/h1-7H2,(H3,10,11). The van der Waals surface area contributed by atoms with Crippen molar-refractivity contribution in [1.29, 1.82) is 5.41 Å². The van der Waals surface area contributed by atoms with Gasteiger partial charge in [-0.2, -0.15) is 0 Å². The molecule has 0 amide bonds. The molecular weight excluding hydrogens is 150 g/mol. The molecule has 0 radical (unpaired) electrons. The molecule has 0 aromatic carbocycles. The second kappa shape index (κ2) is 2.64. The van der Waals surface area contributed by atoms with Gasteiger partial charge in [-0.1, -0.05) is 12.8 Å². The van der Waals surface area contributed by atoms with Crippen LogP contribution in [0.5, 0.6) is 0 Å². The highest BCUT2D eigenvalue weighted by molar-refractivity contribution is 5.76. The summed E-state index contributed by atoms with van der Waals surface area (Å²) in [7, 11) is 0. The van der Waals surface area contributed by atoms with Gasteiger partial charge in [0.25, 0.3) is 0 Å². The van der Waals surface area contributed by atoms with E-state index in [0.717, 1.165) is 6.54 Å². The SMILES string of the molecule is N=C(N)N1CCCC12CCCC2. The lowest BCUT2D eigenvalue weighted by molar-refractivity contribution is 0.232. The number of nitrogens with zero attached hydrogens (tertiary/aromatic N) is 1. The molecule has 2 aliphatic rings. The maximum atomic E-state index is 7.49. The fourth-order valence-corrected chi connectivity index (χ4v) is 2.87. The lowest BCUT2D eigenvalue weighted by atomic mass is 9.94. The molecular formula is C9H17N3. The molecule has 0 atom stereocenters. The van der Waals surface area contributed by atoms with Crippen LogP contribution in [-0.4, -0.2) is 22.9 Å². The van der Waals surface area contributed by atoms with Crippen LogP contribution in [0, 0.1) is 5.41 Å². The summed E-state index contributed by atoms with van der Waals surface area (Å²) in [5, 5.41) is 7.49. The van der Waals surface area contributed by atoms with E-state index in [2.05, 4.69) is 4.90 Å². The Hall–Kier alpha value is -0.730. The summed E-state index contributed by atoms with van der Waals surface area (Å²) >= 11 is 0. The maximum absolute atomic E-state index is 7.49. The van der Waals surface area contributed by atoms with Crippen LogP contribution in [0.1, 0.15) is 38.5 Å². The summed E-state index contributed by atoms with van der Waals surface area (Å²) in [4.78, 5) is 2.12. The van der Waals surface area contributed by atoms with Crippen molar-refractivity contribution in [3.8, 4) is 0 Å². The second-order valence-electron chi connectivity index (χ2n) is 4.07. The Morgan fingerprint density at radius 1 is 1.17 bits per heavy atom. The van der Waals surface area contributed by atoms with Crippen LogP contribution >= 0.6 is 0 Å². The molecule has 2 rings (SSSR count). The first-order valence-electron chi connectivity index (χ1n) is 4.86. The van der Waals surface area contributed by atoms with Gasteiger partial charge in [-0.25, -0.2) is 0 Å². The molecule has 2 fully saturated rings. The minimum atomic E-state index is 0.286. The van der Waals surface area contributed by atoms with Crippen molar-refractivity contribution < 1.29 is 0 Å². The fourth-order valence-electron chi connectivity index (χ4n) is 2.87. The van der Waals surface area contributed by atoms with Crippen molar-refractivity contribution in [3.05, 3.63) is 0 Å². The summed E-state index contributed by atoms with van der Waals surface area (Å²) in [6.07, 6.45) is 7.64. The smallest absolute Gasteiger partial charge is 0.188 e. The van der Waals surface area contributed by atoms with Gasteiger partial charge in [-0.3, -0.25) is 5.41 Å². The van der Waals surface area contributed by atoms with Crippen LogP contribution in [0.4, 0.5) is 0 Å². The fraction of sp³-hybridized carbons (Fsp3) is 0.889. The molecule has 1 saturated heterocycles. The molecule has 0 unspecified atom stereocenters. The van der Waals surface area contributed by atoms with E-state index in [0.29, 0.717) is 5.54 Å². The van der Waals surface area contributed by atoms with Crippen molar-refractivity contribution >= 4 is 5.96 Å². The molecule has 0 bridgehead atoms. The van der Waals surface area contributed by atoms with Gasteiger partial charge >= 0.3 is 0 Å². The van der Waals surface area contributed by atoms with E-state index in [-0.39, 0.29) is 5.96 Å². The molecule has 68 valence electrons. The number of likely N-dealkylation sites (tertiary alicyclic amines) is 1. The first kappa shape index (κ1) is 7.90. The Labute approximate surface area is 73.4 Å². The molecule has 12 heavy (non-hydrogen) atoms. The minimum Gasteiger partial charge on any atom is -0.370 e. The lowest BCUT2D eigenvalue weighted by Crippen LogP contribution is -2.48. The average molecular weight is 167 g/mol. The van der Waals surface area contributed by atoms with E-state index < -0.39 is 0 Å². The van der Waals surface area contributed by atoms with Gasteiger partial charge in [-0.15, -0.1) is 0 Å². The van der Waals surface area contributed by atoms with Gasteiger partial charge < -0.3 is 10.6 Å². The highest BCUT2D eigenvalue weighted by Gasteiger charge is 2.43. The summed E-state index contributed by atoms with van der Waals surface area (Å²) in [6, 6.07) is 0. The molecule has 1 saturated carbocycles. The largest absolute Gasteiger partial charge is 0.370 e. The zero-order valence-corrected chi connectivity index (χ0v) is 7.47. The molecule has 1 heterocycles. The zero-order chi connectivity index (χ0) is 8.60. The third kappa shape index (κ3) is 0.993. The van der Waals surface area contributed by atoms with Gasteiger partial charge in [-0.05, 0) is 25.7 Å². The minimum absolute atomic E-state index is 0.286. The first-order valence-corrected chi connectivity index (χ1v) is 4.86. The zero-order valence-electron chi connectivity index (χ0n) is 7.47. The van der Waals surface area contributed by atoms with Gasteiger partial charge in [0.05, 0.1) is 0 Å². The second-order valence-corrected chi connectivity index (χ2v) is 4.07. The molecule has 1 aliphatic carbocycles. The van der Waals surface area contributed by atoms with Crippen LogP contribution in [0.2, 0.25) is 0 Å². The number of nitrogens with two attached hydrogens (primary N) is 1.